The van der Waals surface area contributed by atoms with E-state index in [4.69, 9.17) is 59.9 Å². The molecule has 0 aromatic heterocycles. The van der Waals surface area contributed by atoms with E-state index >= 15 is 0 Å². The van der Waals surface area contributed by atoms with Crippen molar-refractivity contribution in [3.05, 3.63) is 248 Å². The van der Waals surface area contributed by atoms with Gasteiger partial charge in [-0.15, -0.1) is 44.0 Å². The first-order chi connectivity index (χ1) is 54.2. The molecule has 2 heterocycles. The average Bonchev–Trinajstić information content (AvgIpc) is 1.56. The summed E-state index contributed by atoms with van der Waals surface area (Å²) in [5.41, 5.74) is 17.3. The van der Waals surface area contributed by atoms with Gasteiger partial charge in [0.2, 0.25) is 0 Å². The topological polar surface area (TPSA) is 269 Å². The van der Waals surface area contributed by atoms with Crippen molar-refractivity contribution in [2.24, 2.45) is 5.73 Å². The molecule has 28 heteroatoms. The normalized spacial score (nSPS) is 27.7. The second-order valence-electron chi connectivity index (χ2n) is 25.4. The van der Waals surface area contributed by atoms with Gasteiger partial charge in [0.15, 0.2) is 20.6 Å². The van der Waals surface area contributed by atoms with Crippen molar-refractivity contribution in [3.63, 3.8) is 0 Å². The van der Waals surface area contributed by atoms with Crippen LogP contribution in [0.1, 0.15) is 159 Å². The molecule has 0 saturated carbocycles. The second-order valence-corrected chi connectivity index (χ2v) is 30.7. The third-order valence-corrected chi connectivity index (χ3v) is 23.0. The summed E-state index contributed by atoms with van der Waals surface area (Å²) in [6.07, 6.45) is 17.6. The number of nitrogens with zero attached hydrogens (tertiary/aromatic N) is 3. The number of nitrogens with two attached hydrogens (primary N) is 1. The minimum atomic E-state index is -5.27. The first-order valence-corrected chi connectivity index (χ1v) is 38.6. The molecule has 7 aromatic carbocycles. The quantitative estimate of drug-likeness (QED) is 0.0710. The minimum Gasteiger partial charge on any atom is -0.735 e. The van der Waals surface area contributed by atoms with Gasteiger partial charge in [0.25, 0.3) is 0 Å². The third kappa shape index (κ3) is 21.3. The average molecular weight is 1700 g/mol. The maximum Gasteiger partial charge on any atom is 1.00 e. The van der Waals surface area contributed by atoms with Crippen LogP contribution in [0.5, 0.6) is 0 Å². The molecule has 7 aliphatic carbocycles. The van der Waals surface area contributed by atoms with Gasteiger partial charge >= 0.3 is 141 Å². The van der Waals surface area contributed by atoms with Gasteiger partial charge in [-0.25, -0.2) is 34.4 Å². The van der Waals surface area contributed by atoms with E-state index in [9.17, 15) is 65.4 Å². The number of aliphatic hydroxyl groups is 1. The number of terminal acetylenes is 5. The Bertz CT molecular complexity index is 5340. The van der Waals surface area contributed by atoms with Gasteiger partial charge in [-0.3, -0.25) is 8.37 Å². The molecule has 2 aliphatic heterocycles. The number of alkyl halides is 4. The standard InChI is InChI=1S/2C13H13F.2C12H12FNO3S.C12H11NO3S.C9H9NO3S.C9H11NO.Cs.K/c2*1-2-3-7-12-11-8-5-4-6-10(11)9-13(12)14;2*1-2-7-14(18(15,16)17)12-10-6-4-3-5-9(10)8-11(12)13;1-2-7-13-12-10-6-4-3-5-9(10)8-11(12)16-17(13,14)15;11-14(12)10-9-7-4-2-1-3-6(7)5-8(9)13-14;10-9-7-4-2-1-3-6(7)5-8(9)11;;/h2*1,4-6,8,12-13H,3,7,9H2;2*1,3-6,11-12H,7-8H2,(H,15,16,17);1,3-6,11-12H,7-8H2;1-4,8-10H,5H2;1-4,8-9,11H,5,10H2;;/q;;;;;;;2*+1/p-2/t2*12-,13-;2*11-,12-;11-,12+;2*8-,9+;;/m0000111../s1/i3D2,14+0;3D2,14-1;7D2,13+0;7D2,13-1;7D2;;;;. The monoisotopic (exact) mass is 1700 g/mol. The van der Waals surface area contributed by atoms with Gasteiger partial charge in [-0.1, -0.05) is 188 Å². The van der Waals surface area contributed by atoms with E-state index in [2.05, 4.69) is 16.6 Å². The number of hydrogen-bond acceptors (Lipinski definition) is 14. The van der Waals surface area contributed by atoms with Gasteiger partial charge in [-0.2, -0.15) is 34.5 Å². The second kappa shape index (κ2) is 39.7. The van der Waals surface area contributed by atoms with Gasteiger partial charge in [0, 0.05) is 75.0 Å². The Morgan fingerprint density at radius 2 is 0.843 bits per heavy atom. The van der Waals surface area contributed by atoms with Crippen LogP contribution >= 0.6 is 0 Å². The summed E-state index contributed by atoms with van der Waals surface area (Å²) in [6.45, 7) is -8.20. The van der Waals surface area contributed by atoms with Gasteiger partial charge in [0.05, 0.1) is 64.0 Å². The minimum absolute atomic E-state index is 0. The first-order valence-electron chi connectivity index (χ1n) is 38.1. The van der Waals surface area contributed by atoms with E-state index in [0.29, 0.717) is 47.5 Å². The van der Waals surface area contributed by atoms with Crippen molar-refractivity contribution < 1.29 is 208 Å². The molecule has 0 radical (unpaired) electrons. The first kappa shape index (κ1) is 74.6. The van der Waals surface area contributed by atoms with Crippen molar-refractivity contribution in [1.29, 1.82) is 0 Å². The molecule has 14 atom stereocenters. The van der Waals surface area contributed by atoms with E-state index in [0.717, 1.165) is 44.5 Å². The number of fused-ring (bicyclic) bond motifs is 11. The van der Waals surface area contributed by atoms with Crippen LogP contribution in [-0.4, -0.2) is 123 Å². The summed E-state index contributed by atoms with van der Waals surface area (Å²) < 4.78 is 259. The smallest absolute Gasteiger partial charge is 0.735 e. The Balaban J connectivity index is 0.000000172. The molecule has 16 rings (SSSR count). The maximum absolute atomic E-state index is 14.1. The van der Waals surface area contributed by atoms with E-state index in [1.165, 1.54) is 23.3 Å². The predicted octanol–water partition coefficient (Wildman–Crippen LogP) is 4.18. The van der Waals surface area contributed by atoms with Crippen LogP contribution in [0.3, 0.4) is 0 Å². The molecule has 0 unspecified atom stereocenters. The SMILES string of the molecule is N[C@H]1c2ccccc2C[C@H]1O.O=S1(=O)N[C@H]2c3ccccc3C[C@H]2O1.[2H]C([2H])(C#C)C[C@H]1c2ccccc2C[C@@H]1[18F].[2H]C([2H])(C#C)C[C@H]1c2ccccc2C[C@@H]1[19F].[2H]C([2H])(C#C)N([C@H]1c2ccccc2C[C@@H]1[18F])S(=O)(=O)[O-].[2H]C([2H])(C#C)N([C@H]1c2ccccc2C[C@@H]1[19F])S(=O)(=O)[O-].[2H]C([2H])(C#C)N1[C@H]2c3ccccc3C[C@H]2OS1(=O)=O.[Cs+].[K+]. The number of hydrogen-bond donors (Lipinski definition) is 3. The molecule has 2 fully saturated rings. The maximum atomic E-state index is 14.1. The molecule has 0 bridgehead atoms. The van der Waals surface area contributed by atoms with E-state index in [1.54, 1.807) is 60.4 Å². The van der Waals surface area contributed by atoms with Crippen LogP contribution in [0.25, 0.3) is 0 Å². The molecule has 556 valence electrons. The van der Waals surface area contributed by atoms with Crippen LogP contribution < -0.4 is 131 Å². The fourth-order valence-corrected chi connectivity index (χ4v) is 18.3. The largest absolute Gasteiger partial charge is 1.00 e. The van der Waals surface area contributed by atoms with Crippen molar-refractivity contribution in [3.8, 4) is 61.7 Å². The Morgan fingerprint density at radius 1 is 0.500 bits per heavy atom. The molecule has 7 aromatic rings. The summed E-state index contributed by atoms with van der Waals surface area (Å²) in [7, 11) is -18.2. The van der Waals surface area contributed by atoms with Crippen LogP contribution in [0.15, 0.2) is 170 Å². The predicted molar refractivity (Wildman–Crippen MR) is 393 cm³/mol. The Kier molecular flexibility index (Phi) is 27.4. The van der Waals surface area contributed by atoms with Crippen LogP contribution in [0, 0.1) is 61.7 Å². The van der Waals surface area contributed by atoms with Gasteiger partial charge < -0.3 is 19.9 Å². The zero-order chi connectivity index (χ0) is 85.2. The van der Waals surface area contributed by atoms with E-state index in [-0.39, 0.29) is 190 Å². The summed E-state index contributed by atoms with van der Waals surface area (Å²) in [5, 5.41) is 9.39. The molecule has 2 saturated heterocycles. The van der Waals surface area contributed by atoms with E-state index in [1.807, 2.05) is 115 Å². The molecule has 18 nitrogen and oxygen atoms in total. The summed E-state index contributed by atoms with van der Waals surface area (Å²) in [4.78, 5) is 0. The summed E-state index contributed by atoms with van der Waals surface area (Å²) >= 11 is 0. The third-order valence-electron chi connectivity index (χ3n) is 19.1. The van der Waals surface area contributed by atoms with Gasteiger partial charge in [0.1, 0.15) is 36.9 Å². The van der Waals surface area contributed by atoms with Crippen LogP contribution in [0.2, 0.25) is 0 Å². The van der Waals surface area contributed by atoms with Crippen LogP contribution in [0.4, 0.5) is 17.6 Å². The summed E-state index contributed by atoms with van der Waals surface area (Å²) in [6, 6.07) is 46.5. The molecule has 0 spiro atoms. The van der Waals surface area contributed by atoms with Crippen molar-refractivity contribution in [2.45, 2.75) is 156 Å². The van der Waals surface area contributed by atoms with Crippen LogP contribution in [-0.2, 0) is 94.5 Å². The van der Waals surface area contributed by atoms with Crippen molar-refractivity contribution in [2.75, 3.05) is 19.5 Å². The number of benzene rings is 7. The zero-order valence-electron chi connectivity index (χ0n) is 68.4. The Morgan fingerprint density at radius 3 is 1.24 bits per heavy atom. The Hall–Kier alpha value is -4.85. The number of halogens is 4. The molecular formula is C80H79CsF4KN5O13S4. The molecule has 108 heavy (non-hydrogen) atoms. The molecule has 4 N–H and O–H groups in total. The molecule has 0 amide bonds. The zero-order valence-corrected chi connectivity index (χ0v) is 71.1. The molecular weight excluding hydrogens is 1610 g/mol. The van der Waals surface area contributed by atoms with Crippen molar-refractivity contribution >= 4 is 41.2 Å². The number of aliphatic hydroxyl groups excluding tert-OH is 1. The fraction of sp³-hybridized carbons (Fsp3) is 0.350. The summed E-state index contributed by atoms with van der Waals surface area (Å²) in [5.74, 6) is 8.43. The number of nitrogens with one attached hydrogen (secondary N) is 1. The van der Waals surface area contributed by atoms with E-state index < -0.39 is 134 Å². The van der Waals surface area contributed by atoms with Crippen molar-refractivity contribution in [1.82, 2.24) is 17.6 Å². The fourth-order valence-electron chi connectivity index (χ4n) is 14.5. The number of rotatable bonds is 11. The Labute approximate surface area is 747 Å². The van der Waals surface area contributed by atoms with Gasteiger partial charge in [-0.05, 0) is 90.7 Å². The molecule has 9 aliphatic rings.